The Bertz CT molecular complexity index is 423. The molecule has 0 aromatic heterocycles. The quantitative estimate of drug-likeness (QED) is 0.636. The van der Waals surface area contributed by atoms with Gasteiger partial charge in [0.25, 0.3) is 0 Å². The van der Waals surface area contributed by atoms with Crippen LogP contribution in [0.3, 0.4) is 0 Å². The van der Waals surface area contributed by atoms with Crippen molar-refractivity contribution >= 4 is 0 Å². The molecule has 0 saturated heterocycles. The number of hydrogen-bond donors (Lipinski definition) is 2. The highest BCUT2D eigenvalue weighted by molar-refractivity contribution is 5.19. The highest BCUT2D eigenvalue weighted by Gasteiger charge is 2.29. The van der Waals surface area contributed by atoms with Crippen LogP contribution in [0.25, 0.3) is 0 Å². The Balaban J connectivity index is 2.00. The monoisotopic (exact) mass is 268 g/mol. The van der Waals surface area contributed by atoms with Crippen LogP contribution in [0.4, 0.5) is 8.78 Å². The van der Waals surface area contributed by atoms with Crippen LogP contribution >= 0.6 is 0 Å². The second kappa shape index (κ2) is 6.44. The second-order valence-corrected chi connectivity index (χ2v) is 5.57. The molecule has 0 radical (unpaired) electrons. The van der Waals surface area contributed by atoms with Gasteiger partial charge in [-0.2, -0.15) is 0 Å². The van der Waals surface area contributed by atoms with Crippen molar-refractivity contribution in [3.05, 3.63) is 35.4 Å². The SMILES string of the molecule is CCC1CCC(C(Cc2ccc(F)c(F)c2)NN)C1. The van der Waals surface area contributed by atoms with Crippen molar-refractivity contribution in [3.8, 4) is 0 Å². The Kier molecular flexibility index (Phi) is 4.88. The second-order valence-electron chi connectivity index (χ2n) is 5.57. The maximum Gasteiger partial charge on any atom is 0.159 e. The highest BCUT2D eigenvalue weighted by Crippen LogP contribution is 2.35. The minimum atomic E-state index is -0.798. The van der Waals surface area contributed by atoms with Gasteiger partial charge in [-0.3, -0.25) is 11.3 Å². The van der Waals surface area contributed by atoms with Crippen molar-refractivity contribution in [2.24, 2.45) is 17.7 Å². The minimum absolute atomic E-state index is 0.140. The third-order valence-electron chi connectivity index (χ3n) is 4.38. The first kappa shape index (κ1) is 14.4. The molecule has 3 unspecified atom stereocenters. The summed E-state index contributed by atoms with van der Waals surface area (Å²) in [4.78, 5) is 0. The van der Waals surface area contributed by atoms with Crippen LogP contribution in [-0.4, -0.2) is 6.04 Å². The van der Waals surface area contributed by atoms with E-state index in [1.807, 2.05) is 0 Å². The van der Waals surface area contributed by atoms with Gasteiger partial charge in [-0.1, -0.05) is 25.8 Å². The van der Waals surface area contributed by atoms with E-state index in [2.05, 4.69) is 12.3 Å². The average molecular weight is 268 g/mol. The molecule has 19 heavy (non-hydrogen) atoms. The van der Waals surface area contributed by atoms with Crippen molar-refractivity contribution in [1.82, 2.24) is 5.43 Å². The Labute approximate surface area is 113 Å². The fourth-order valence-electron chi connectivity index (χ4n) is 3.13. The summed E-state index contributed by atoms with van der Waals surface area (Å²) in [7, 11) is 0. The molecule has 0 aliphatic heterocycles. The van der Waals surface area contributed by atoms with Crippen LogP contribution < -0.4 is 11.3 Å². The van der Waals surface area contributed by atoms with Crippen LogP contribution in [-0.2, 0) is 6.42 Å². The van der Waals surface area contributed by atoms with Crippen LogP contribution in [0.5, 0.6) is 0 Å². The van der Waals surface area contributed by atoms with E-state index in [1.165, 1.54) is 31.4 Å². The molecule has 0 heterocycles. The maximum atomic E-state index is 13.2. The molecule has 1 aliphatic rings. The van der Waals surface area contributed by atoms with Gasteiger partial charge in [0.2, 0.25) is 0 Å². The Hall–Kier alpha value is -1.00. The molecule has 1 aliphatic carbocycles. The topological polar surface area (TPSA) is 38.0 Å². The number of nitrogens with one attached hydrogen (secondary N) is 1. The first-order valence-corrected chi connectivity index (χ1v) is 7.04. The molecule has 0 spiro atoms. The summed E-state index contributed by atoms with van der Waals surface area (Å²) in [5.41, 5.74) is 3.65. The molecule has 0 bridgehead atoms. The van der Waals surface area contributed by atoms with Gasteiger partial charge >= 0.3 is 0 Å². The van der Waals surface area contributed by atoms with Crippen LogP contribution in [0, 0.1) is 23.5 Å². The van der Waals surface area contributed by atoms with E-state index in [4.69, 9.17) is 5.84 Å². The van der Waals surface area contributed by atoms with Gasteiger partial charge in [-0.05, 0) is 48.8 Å². The predicted octanol–water partition coefficient (Wildman–Crippen LogP) is 3.17. The summed E-state index contributed by atoms with van der Waals surface area (Å²) >= 11 is 0. The zero-order valence-corrected chi connectivity index (χ0v) is 11.3. The summed E-state index contributed by atoms with van der Waals surface area (Å²) in [5, 5.41) is 0. The summed E-state index contributed by atoms with van der Waals surface area (Å²) in [5.74, 6) is 5.37. The van der Waals surface area contributed by atoms with Crippen LogP contribution in [0.2, 0.25) is 0 Å². The van der Waals surface area contributed by atoms with Gasteiger partial charge in [0.1, 0.15) is 0 Å². The van der Waals surface area contributed by atoms with Crippen molar-refractivity contribution in [2.45, 2.75) is 45.1 Å². The largest absolute Gasteiger partial charge is 0.271 e. The van der Waals surface area contributed by atoms with Gasteiger partial charge in [0.15, 0.2) is 11.6 Å². The van der Waals surface area contributed by atoms with Gasteiger partial charge in [-0.25, -0.2) is 8.78 Å². The lowest BCUT2D eigenvalue weighted by Gasteiger charge is -2.23. The standard InChI is InChI=1S/C15H22F2N2/c1-2-10-3-5-12(7-10)15(19-18)9-11-4-6-13(16)14(17)8-11/h4,6,8,10,12,15,19H,2-3,5,7,9,18H2,1H3. The van der Waals surface area contributed by atoms with Crippen LogP contribution in [0.15, 0.2) is 18.2 Å². The molecule has 1 fully saturated rings. The molecule has 2 nitrogen and oxygen atoms in total. The highest BCUT2D eigenvalue weighted by atomic mass is 19.2. The first-order chi connectivity index (χ1) is 9.13. The third kappa shape index (κ3) is 3.51. The molecule has 2 rings (SSSR count). The lowest BCUT2D eigenvalue weighted by Crippen LogP contribution is -2.41. The number of nitrogens with two attached hydrogens (primary N) is 1. The van der Waals surface area contributed by atoms with Gasteiger partial charge in [0.05, 0.1) is 0 Å². The molecule has 0 amide bonds. The van der Waals surface area contributed by atoms with Crippen molar-refractivity contribution in [2.75, 3.05) is 0 Å². The molecule has 106 valence electrons. The molecule has 4 heteroatoms. The Morgan fingerprint density at radius 3 is 2.68 bits per heavy atom. The minimum Gasteiger partial charge on any atom is -0.271 e. The Morgan fingerprint density at radius 1 is 1.32 bits per heavy atom. The van der Waals surface area contributed by atoms with E-state index in [0.29, 0.717) is 12.3 Å². The van der Waals surface area contributed by atoms with E-state index in [1.54, 1.807) is 6.07 Å². The molecule has 1 saturated carbocycles. The zero-order valence-electron chi connectivity index (χ0n) is 11.3. The number of benzene rings is 1. The summed E-state index contributed by atoms with van der Waals surface area (Å²) in [6.07, 6.45) is 5.44. The summed E-state index contributed by atoms with van der Waals surface area (Å²) < 4.78 is 26.1. The number of hydrazine groups is 1. The van der Waals surface area contributed by atoms with E-state index < -0.39 is 11.6 Å². The first-order valence-electron chi connectivity index (χ1n) is 7.04. The fraction of sp³-hybridized carbons (Fsp3) is 0.600. The van der Waals surface area contributed by atoms with Gasteiger partial charge in [0, 0.05) is 6.04 Å². The van der Waals surface area contributed by atoms with E-state index in [-0.39, 0.29) is 6.04 Å². The van der Waals surface area contributed by atoms with E-state index >= 15 is 0 Å². The Morgan fingerprint density at radius 2 is 2.11 bits per heavy atom. The van der Waals surface area contributed by atoms with Crippen molar-refractivity contribution < 1.29 is 8.78 Å². The molecule has 1 aromatic carbocycles. The number of hydrogen-bond acceptors (Lipinski definition) is 2. The number of halogens is 2. The van der Waals surface area contributed by atoms with Crippen molar-refractivity contribution in [3.63, 3.8) is 0 Å². The summed E-state index contributed by atoms with van der Waals surface area (Å²) in [6, 6.07) is 4.23. The molecule has 3 N–H and O–H groups in total. The average Bonchev–Trinajstić information content (AvgIpc) is 2.88. The van der Waals surface area contributed by atoms with E-state index in [9.17, 15) is 8.78 Å². The normalized spacial score (nSPS) is 24.6. The molecule has 3 atom stereocenters. The predicted molar refractivity (Wildman–Crippen MR) is 72.3 cm³/mol. The van der Waals surface area contributed by atoms with Crippen molar-refractivity contribution in [1.29, 1.82) is 0 Å². The smallest absolute Gasteiger partial charge is 0.159 e. The molecule has 1 aromatic rings. The lowest BCUT2D eigenvalue weighted by atomic mass is 9.91. The van der Waals surface area contributed by atoms with Gasteiger partial charge < -0.3 is 0 Å². The maximum absolute atomic E-state index is 13.2. The molecular weight excluding hydrogens is 246 g/mol. The van der Waals surface area contributed by atoms with E-state index in [0.717, 1.165) is 17.9 Å². The number of rotatable bonds is 5. The lowest BCUT2D eigenvalue weighted by molar-refractivity contribution is 0.347. The zero-order chi connectivity index (χ0) is 13.8. The fourth-order valence-corrected chi connectivity index (χ4v) is 3.13. The summed E-state index contributed by atoms with van der Waals surface area (Å²) in [6.45, 7) is 2.22. The van der Waals surface area contributed by atoms with Crippen LogP contribution in [0.1, 0.15) is 38.2 Å². The third-order valence-corrected chi connectivity index (χ3v) is 4.38. The van der Waals surface area contributed by atoms with Gasteiger partial charge in [-0.15, -0.1) is 0 Å². The molecular formula is C15H22F2N2.